The van der Waals surface area contributed by atoms with Gasteiger partial charge in [0.1, 0.15) is 5.69 Å². The van der Waals surface area contributed by atoms with Crippen molar-refractivity contribution in [2.24, 2.45) is 4.99 Å². The van der Waals surface area contributed by atoms with Crippen LogP contribution in [0.15, 0.2) is 52.4 Å². The summed E-state index contributed by atoms with van der Waals surface area (Å²) in [6, 6.07) is 7.92. The van der Waals surface area contributed by atoms with E-state index < -0.39 is 23.3 Å². The number of H-pyrrole nitrogens is 1. The number of anilines is 1. The van der Waals surface area contributed by atoms with Gasteiger partial charge in [0.2, 0.25) is 5.56 Å². The van der Waals surface area contributed by atoms with Crippen LogP contribution < -0.4 is 10.9 Å². The fraction of sp³-hybridized carbons (Fsp3) is 0.273. The first-order valence-electron chi connectivity index (χ1n) is 9.92. The quantitative estimate of drug-likeness (QED) is 0.558. The van der Waals surface area contributed by atoms with E-state index in [9.17, 15) is 22.8 Å². The lowest BCUT2D eigenvalue weighted by molar-refractivity contribution is -0.140. The number of nitrogens with one attached hydrogen (secondary N) is 2. The summed E-state index contributed by atoms with van der Waals surface area (Å²) in [6.45, 7) is 0. The van der Waals surface area contributed by atoms with Crippen molar-refractivity contribution in [3.63, 3.8) is 0 Å². The number of halogens is 4. The van der Waals surface area contributed by atoms with E-state index in [4.69, 9.17) is 11.6 Å². The van der Waals surface area contributed by atoms with Crippen molar-refractivity contribution in [1.82, 2.24) is 9.97 Å². The number of aromatic nitrogens is 2. The number of carbonyl (C=O) groups excluding carboxylic acids is 1. The molecule has 0 spiro atoms. The maximum Gasteiger partial charge on any atom is 0.433 e. The van der Waals surface area contributed by atoms with Crippen molar-refractivity contribution in [2.75, 3.05) is 5.32 Å². The van der Waals surface area contributed by atoms with Gasteiger partial charge in [0.25, 0.3) is 5.91 Å². The smallest absolute Gasteiger partial charge is 0.381 e. The molecule has 166 valence electrons. The molecule has 1 aromatic carbocycles. The van der Waals surface area contributed by atoms with E-state index in [2.05, 4.69) is 20.3 Å². The van der Waals surface area contributed by atoms with E-state index in [0.29, 0.717) is 35.4 Å². The molecule has 1 aliphatic carbocycles. The molecule has 10 heteroatoms. The topological polar surface area (TPSA) is 87.2 Å². The molecule has 4 rings (SSSR count). The molecule has 1 amide bonds. The van der Waals surface area contributed by atoms with E-state index in [1.54, 1.807) is 6.07 Å². The largest absolute Gasteiger partial charge is 0.433 e. The van der Waals surface area contributed by atoms with Crippen LogP contribution in [0.3, 0.4) is 0 Å². The van der Waals surface area contributed by atoms with Crippen LogP contribution >= 0.6 is 11.6 Å². The second-order valence-electron chi connectivity index (χ2n) is 7.58. The molecule has 1 atom stereocenters. The third-order valence-corrected chi connectivity index (χ3v) is 5.44. The Morgan fingerprint density at radius 2 is 2.03 bits per heavy atom. The maximum absolute atomic E-state index is 13.4. The number of carbonyl (C=O) groups is 1. The van der Waals surface area contributed by atoms with Crippen molar-refractivity contribution in [3.8, 4) is 0 Å². The van der Waals surface area contributed by atoms with E-state index in [1.165, 1.54) is 30.5 Å². The molecule has 1 fully saturated rings. The third kappa shape index (κ3) is 4.99. The van der Waals surface area contributed by atoms with Gasteiger partial charge in [-0.2, -0.15) is 13.2 Å². The highest BCUT2D eigenvalue weighted by Gasteiger charge is 2.33. The lowest BCUT2D eigenvalue weighted by Gasteiger charge is -2.26. The Kier molecular flexibility index (Phi) is 6.01. The van der Waals surface area contributed by atoms with E-state index in [1.807, 2.05) is 0 Å². The van der Waals surface area contributed by atoms with Gasteiger partial charge in [-0.1, -0.05) is 11.6 Å². The number of hydrogen-bond donors (Lipinski definition) is 2. The zero-order chi connectivity index (χ0) is 22.9. The summed E-state index contributed by atoms with van der Waals surface area (Å²) in [5.41, 5.74) is -0.128. The SMILES string of the molecule is O=C(N=C1CCC[C@H](Nc2cc(C(F)(F)F)nc3ccc(Cl)cc23)C1)c1cc[nH]c(=O)c1. The summed E-state index contributed by atoms with van der Waals surface area (Å²) in [5.74, 6) is -0.521. The molecule has 1 aliphatic rings. The third-order valence-electron chi connectivity index (χ3n) is 5.20. The molecule has 1 saturated carbocycles. The molecular formula is C22H18ClF3N4O2. The molecule has 32 heavy (non-hydrogen) atoms. The van der Waals surface area contributed by atoms with Crippen molar-refractivity contribution in [2.45, 2.75) is 37.9 Å². The fourth-order valence-corrected chi connectivity index (χ4v) is 3.91. The van der Waals surface area contributed by atoms with Crippen LogP contribution in [-0.4, -0.2) is 27.6 Å². The van der Waals surface area contributed by atoms with Crippen LogP contribution in [0.4, 0.5) is 18.9 Å². The highest BCUT2D eigenvalue weighted by molar-refractivity contribution is 6.31. The Morgan fingerprint density at radius 1 is 1.22 bits per heavy atom. The average molecular weight is 463 g/mol. The first-order chi connectivity index (χ1) is 15.2. The molecular weight excluding hydrogens is 445 g/mol. The first kappa shape index (κ1) is 22.0. The zero-order valence-corrected chi connectivity index (χ0v) is 17.4. The van der Waals surface area contributed by atoms with Gasteiger partial charge in [-0.25, -0.2) is 9.98 Å². The number of aromatic amines is 1. The molecule has 2 heterocycles. The molecule has 2 N–H and O–H groups in total. The standard InChI is InChI=1S/C22H18ClF3N4O2/c23-13-4-5-17-16(9-13)18(11-19(30-17)22(24,25)26)28-14-2-1-3-15(10-14)29-21(32)12-6-7-27-20(31)8-12/h4-9,11,14H,1-3,10H2,(H,27,31)(H,28,30)/t14-/m0/s1. The summed E-state index contributed by atoms with van der Waals surface area (Å²) >= 11 is 6.05. The minimum Gasteiger partial charge on any atom is -0.381 e. The molecule has 2 aromatic heterocycles. The van der Waals surface area contributed by atoms with Crippen molar-refractivity contribution in [3.05, 3.63) is 69.2 Å². The summed E-state index contributed by atoms with van der Waals surface area (Å²) in [4.78, 5) is 34.1. The number of fused-ring (bicyclic) bond motifs is 1. The Bertz CT molecular complexity index is 1270. The number of rotatable bonds is 3. The van der Waals surface area contributed by atoms with Gasteiger partial charge < -0.3 is 10.3 Å². The highest BCUT2D eigenvalue weighted by Crippen LogP contribution is 2.35. The van der Waals surface area contributed by atoms with Gasteiger partial charge >= 0.3 is 6.18 Å². The van der Waals surface area contributed by atoms with Crippen LogP contribution in [-0.2, 0) is 6.18 Å². The second-order valence-corrected chi connectivity index (χ2v) is 8.01. The molecule has 0 aliphatic heterocycles. The Balaban J connectivity index is 1.60. The summed E-state index contributed by atoms with van der Waals surface area (Å²) in [7, 11) is 0. The minimum atomic E-state index is -4.59. The summed E-state index contributed by atoms with van der Waals surface area (Å²) in [5, 5.41) is 4.04. The first-order valence-corrected chi connectivity index (χ1v) is 10.3. The van der Waals surface area contributed by atoms with E-state index >= 15 is 0 Å². The lowest BCUT2D eigenvalue weighted by Crippen LogP contribution is -2.28. The normalized spacial score (nSPS) is 18.1. The number of aliphatic imine (C=N–C) groups is 1. The number of hydrogen-bond acceptors (Lipinski definition) is 4. The van der Waals surface area contributed by atoms with Crippen LogP contribution in [0.1, 0.15) is 41.7 Å². The predicted octanol–water partition coefficient (Wildman–Crippen LogP) is 5.23. The summed E-state index contributed by atoms with van der Waals surface area (Å²) in [6.07, 6.45) is -0.814. The van der Waals surface area contributed by atoms with Crippen LogP contribution in [0, 0.1) is 0 Å². The van der Waals surface area contributed by atoms with Gasteiger partial charge in [-0.3, -0.25) is 9.59 Å². The van der Waals surface area contributed by atoms with Crippen molar-refractivity contribution < 1.29 is 18.0 Å². The van der Waals surface area contributed by atoms with Gasteiger partial charge in [0.15, 0.2) is 0 Å². The maximum atomic E-state index is 13.4. The number of benzene rings is 1. The Morgan fingerprint density at radius 3 is 2.78 bits per heavy atom. The van der Waals surface area contributed by atoms with Crippen LogP contribution in [0.5, 0.6) is 0 Å². The molecule has 0 radical (unpaired) electrons. The number of nitrogens with zero attached hydrogens (tertiary/aromatic N) is 2. The van der Waals surface area contributed by atoms with Crippen LogP contribution in [0.2, 0.25) is 5.02 Å². The van der Waals surface area contributed by atoms with Crippen LogP contribution in [0.25, 0.3) is 10.9 Å². The molecule has 0 saturated heterocycles. The van der Waals surface area contributed by atoms with Crippen molar-refractivity contribution >= 4 is 39.8 Å². The summed E-state index contributed by atoms with van der Waals surface area (Å²) < 4.78 is 40.1. The molecule has 6 nitrogen and oxygen atoms in total. The number of amides is 1. The van der Waals surface area contributed by atoms with Gasteiger partial charge in [-0.15, -0.1) is 0 Å². The lowest BCUT2D eigenvalue weighted by atomic mass is 9.93. The highest BCUT2D eigenvalue weighted by atomic mass is 35.5. The average Bonchev–Trinajstić information content (AvgIpc) is 2.73. The van der Waals surface area contributed by atoms with E-state index in [-0.39, 0.29) is 22.8 Å². The second kappa shape index (κ2) is 8.74. The zero-order valence-electron chi connectivity index (χ0n) is 16.7. The number of alkyl halides is 3. The Hall–Kier alpha value is -3.20. The molecule has 3 aromatic rings. The molecule has 0 unspecified atom stereocenters. The van der Waals surface area contributed by atoms with Crippen molar-refractivity contribution in [1.29, 1.82) is 0 Å². The Labute approximate surface area is 185 Å². The fourth-order valence-electron chi connectivity index (χ4n) is 3.73. The van der Waals surface area contributed by atoms with Gasteiger partial charge in [-0.05, 0) is 49.6 Å². The van der Waals surface area contributed by atoms with Gasteiger partial charge in [0.05, 0.1) is 5.52 Å². The predicted molar refractivity (Wildman–Crippen MR) is 116 cm³/mol. The van der Waals surface area contributed by atoms with Gasteiger partial charge in [0, 0.05) is 52.1 Å². The molecule has 0 bridgehead atoms. The minimum absolute atomic E-state index is 0.181. The van der Waals surface area contributed by atoms with E-state index in [0.717, 1.165) is 12.5 Å². The number of pyridine rings is 2. The monoisotopic (exact) mass is 462 g/mol.